The molecular weight excluding hydrogens is 404 g/mol. The van der Waals surface area contributed by atoms with Crippen molar-refractivity contribution in [3.8, 4) is 0 Å². The van der Waals surface area contributed by atoms with Crippen molar-refractivity contribution in [1.29, 1.82) is 0 Å². The molecule has 0 amide bonds. The standard InChI is InChI=1S/C18H18BrClN4O/c19-16-14(13-7-4-8-25-11-13)9-15-17(22-18(20)23-24(15)16)21-10-12-5-2-1-3-6-12/h1-3,5-6,9,13H,4,7-8,10-11H2,(H,21,22,23). The zero-order valence-electron chi connectivity index (χ0n) is 13.6. The number of rotatable bonds is 4. The second-order valence-electron chi connectivity index (χ2n) is 6.17. The fraction of sp³-hybridized carbons (Fsp3) is 0.333. The molecule has 4 rings (SSSR count). The minimum atomic E-state index is 0.214. The molecule has 1 aliphatic heterocycles. The first-order chi connectivity index (χ1) is 12.2. The minimum Gasteiger partial charge on any atom is -0.381 e. The van der Waals surface area contributed by atoms with Crippen LogP contribution in [0.1, 0.15) is 29.9 Å². The average Bonchev–Trinajstić information content (AvgIpc) is 2.98. The Bertz CT molecular complexity index is 878. The van der Waals surface area contributed by atoms with Crippen molar-refractivity contribution >= 4 is 38.9 Å². The summed E-state index contributed by atoms with van der Waals surface area (Å²) in [6.45, 7) is 2.26. The second-order valence-corrected chi connectivity index (χ2v) is 7.26. The average molecular weight is 422 g/mol. The maximum atomic E-state index is 6.14. The Morgan fingerprint density at radius 1 is 1.32 bits per heavy atom. The van der Waals surface area contributed by atoms with Gasteiger partial charge < -0.3 is 10.1 Å². The summed E-state index contributed by atoms with van der Waals surface area (Å²) in [5.74, 6) is 1.10. The lowest BCUT2D eigenvalue weighted by atomic mass is 9.96. The normalized spacial score (nSPS) is 17.8. The number of nitrogens with one attached hydrogen (secondary N) is 1. The lowest BCUT2D eigenvalue weighted by Gasteiger charge is -2.21. The Hall–Kier alpha value is -1.63. The van der Waals surface area contributed by atoms with Crippen LogP contribution in [0.3, 0.4) is 0 Å². The zero-order valence-corrected chi connectivity index (χ0v) is 15.9. The van der Waals surface area contributed by atoms with Crippen LogP contribution in [0.25, 0.3) is 5.52 Å². The third kappa shape index (κ3) is 3.52. The third-order valence-corrected chi connectivity index (χ3v) is 5.43. The predicted octanol–water partition coefficient (Wildman–Crippen LogP) is 4.65. The summed E-state index contributed by atoms with van der Waals surface area (Å²) in [6, 6.07) is 12.3. The summed E-state index contributed by atoms with van der Waals surface area (Å²) < 4.78 is 8.37. The molecule has 0 saturated carbocycles. The Balaban J connectivity index is 1.68. The van der Waals surface area contributed by atoms with Crippen molar-refractivity contribution in [2.45, 2.75) is 25.3 Å². The highest BCUT2D eigenvalue weighted by molar-refractivity contribution is 9.10. The van der Waals surface area contributed by atoms with Crippen LogP contribution in [0.2, 0.25) is 5.28 Å². The molecule has 1 N–H and O–H groups in total. The molecule has 1 saturated heterocycles. The Kier molecular flexibility index (Phi) is 4.92. The molecule has 1 aromatic carbocycles. The van der Waals surface area contributed by atoms with E-state index in [0.717, 1.165) is 42.0 Å². The van der Waals surface area contributed by atoms with Gasteiger partial charge in [0.15, 0.2) is 5.82 Å². The topological polar surface area (TPSA) is 51.5 Å². The van der Waals surface area contributed by atoms with Crippen LogP contribution < -0.4 is 5.32 Å². The first-order valence-electron chi connectivity index (χ1n) is 8.32. The van der Waals surface area contributed by atoms with Gasteiger partial charge in [-0.1, -0.05) is 30.3 Å². The van der Waals surface area contributed by atoms with Crippen LogP contribution in [0.15, 0.2) is 41.0 Å². The van der Waals surface area contributed by atoms with Crippen molar-refractivity contribution in [3.63, 3.8) is 0 Å². The van der Waals surface area contributed by atoms with Crippen molar-refractivity contribution in [1.82, 2.24) is 14.6 Å². The summed E-state index contributed by atoms with van der Waals surface area (Å²) in [6.07, 6.45) is 2.19. The van der Waals surface area contributed by atoms with Gasteiger partial charge in [0.1, 0.15) is 10.1 Å². The van der Waals surface area contributed by atoms with Gasteiger partial charge in [-0.25, -0.2) is 4.52 Å². The summed E-state index contributed by atoms with van der Waals surface area (Å²) in [7, 11) is 0. The summed E-state index contributed by atoms with van der Waals surface area (Å²) in [5.41, 5.74) is 3.29. The number of ether oxygens (including phenoxy) is 1. The first kappa shape index (κ1) is 16.8. The van der Waals surface area contributed by atoms with E-state index in [4.69, 9.17) is 16.3 Å². The van der Waals surface area contributed by atoms with Crippen molar-refractivity contribution < 1.29 is 4.74 Å². The Labute approximate surface area is 159 Å². The van der Waals surface area contributed by atoms with E-state index < -0.39 is 0 Å². The highest BCUT2D eigenvalue weighted by Gasteiger charge is 2.23. The number of anilines is 1. The Morgan fingerprint density at radius 3 is 2.92 bits per heavy atom. The molecule has 0 bridgehead atoms. The number of halogens is 2. The largest absolute Gasteiger partial charge is 0.381 e. The summed E-state index contributed by atoms with van der Waals surface area (Å²) in [4.78, 5) is 4.39. The number of benzene rings is 1. The van der Waals surface area contributed by atoms with Gasteiger partial charge in [-0.2, -0.15) is 4.98 Å². The van der Waals surface area contributed by atoms with Gasteiger partial charge in [0.2, 0.25) is 5.28 Å². The molecule has 0 aliphatic carbocycles. The molecule has 3 heterocycles. The SMILES string of the molecule is Clc1nc(NCc2ccccc2)c2cc(C3CCCOC3)c(Br)n2n1. The van der Waals surface area contributed by atoms with E-state index in [2.05, 4.69) is 49.5 Å². The van der Waals surface area contributed by atoms with Gasteiger partial charge in [-0.3, -0.25) is 0 Å². The molecule has 0 spiro atoms. The lowest BCUT2D eigenvalue weighted by molar-refractivity contribution is 0.0802. The van der Waals surface area contributed by atoms with Gasteiger partial charge in [0.25, 0.3) is 0 Å². The minimum absolute atomic E-state index is 0.214. The van der Waals surface area contributed by atoms with E-state index in [0.29, 0.717) is 12.5 Å². The highest BCUT2D eigenvalue weighted by atomic mass is 79.9. The third-order valence-electron chi connectivity index (χ3n) is 4.48. The number of fused-ring (bicyclic) bond motifs is 1. The molecule has 1 unspecified atom stereocenters. The lowest BCUT2D eigenvalue weighted by Crippen LogP contribution is -2.15. The first-order valence-corrected chi connectivity index (χ1v) is 9.49. The molecule has 1 fully saturated rings. The van der Waals surface area contributed by atoms with Crippen LogP contribution in [-0.2, 0) is 11.3 Å². The van der Waals surface area contributed by atoms with E-state index in [9.17, 15) is 0 Å². The molecule has 25 heavy (non-hydrogen) atoms. The van der Waals surface area contributed by atoms with Crippen molar-refractivity contribution in [2.24, 2.45) is 0 Å². The van der Waals surface area contributed by atoms with Gasteiger partial charge in [0.05, 0.1) is 6.61 Å². The quantitative estimate of drug-likeness (QED) is 0.666. The van der Waals surface area contributed by atoms with Gasteiger partial charge >= 0.3 is 0 Å². The van der Waals surface area contributed by atoms with Gasteiger partial charge in [0, 0.05) is 19.1 Å². The van der Waals surface area contributed by atoms with Crippen molar-refractivity contribution in [2.75, 3.05) is 18.5 Å². The van der Waals surface area contributed by atoms with Crippen LogP contribution in [-0.4, -0.2) is 27.8 Å². The fourth-order valence-corrected chi connectivity index (χ4v) is 4.07. The highest BCUT2D eigenvalue weighted by Crippen LogP contribution is 2.35. The maximum absolute atomic E-state index is 6.14. The van der Waals surface area contributed by atoms with Crippen LogP contribution in [0, 0.1) is 0 Å². The molecule has 1 aliphatic rings. The molecule has 1 atom stereocenters. The molecular formula is C18H18BrClN4O. The predicted molar refractivity (Wildman–Crippen MR) is 102 cm³/mol. The van der Waals surface area contributed by atoms with E-state index in [1.54, 1.807) is 0 Å². The van der Waals surface area contributed by atoms with E-state index >= 15 is 0 Å². The van der Waals surface area contributed by atoms with Crippen LogP contribution >= 0.6 is 27.5 Å². The van der Waals surface area contributed by atoms with Crippen LogP contribution in [0.4, 0.5) is 5.82 Å². The Morgan fingerprint density at radius 2 is 2.16 bits per heavy atom. The van der Waals surface area contributed by atoms with Crippen LogP contribution in [0.5, 0.6) is 0 Å². The van der Waals surface area contributed by atoms with E-state index in [1.807, 2.05) is 22.7 Å². The number of aromatic nitrogens is 3. The molecule has 0 radical (unpaired) electrons. The zero-order chi connectivity index (χ0) is 17.2. The summed E-state index contributed by atoms with van der Waals surface area (Å²) in [5, 5.41) is 7.94. The monoisotopic (exact) mass is 420 g/mol. The number of hydrogen-bond donors (Lipinski definition) is 1. The van der Waals surface area contributed by atoms with Gasteiger partial charge in [-0.05, 0) is 57.6 Å². The molecule has 5 nitrogen and oxygen atoms in total. The smallest absolute Gasteiger partial charge is 0.243 e. The van der Waals surface area contributed by atoms with Crippen molar-refractivity contribution in [3.05, 3.63) is 57.4 Å². The number of hydrogen-bond acceptors (Lipinski definition) is 4. The molecule has 130 valence electrons. The molecule has 3 aromatic rings. The second kappa shape index (κ2) is 7.32. The maximum Gasteiger partial charge on any atom is 0.243 e. The van der Waals surface area contributed by atoms with Gasteiger partial charge in [-0.15, -0.1) is 5.10 Å². The van der Waals surface area contributed by atoms with E-state index in [1.165, 1.54) is 11.1 Å². The fourth-order valence-electron chi connectivity index (χ4n) is 3.20. The molecule has 2 aromatic heterocycles. The molecule has 7 heteroatoms. The van der Waals surface area contributed by atoms with E-state index in [-0.39, 0.29) is 5.28 Å². The number of nitrogens with zero attached hydrogens (tertiary/aromatic N) is 3. The summed E-state index contributed by atoms with van der Waals surface area (Å²) >= 11 is 9.83.